The van der Waals surface area contributed by atoms with E-state index in [0.717, 1.165) is 36.6 Å². The SMILES string of the molecule is Cl.Cl.O=[N+]([O-])c1ccccc1[C@@H](c1cccs1)N1CCNCC1. The minimum absolute atomic E-state index is 0. The van der Waals surface area contributed by atoms with E-state index >= 15 is 0 Å². The van der Waals surface area contributed by atoms with Gasteiger partial charge in [-0.05, 0) is 11.4 Å². The molecule has 1 fully saturated rings. The van der Waals surface area contributed by atoms with Crippen molar-refractivity contribution in [2.45, 2.75) is 6.04 Å². The summed E-state index contributed by atoms with van der Waals surface area (Å²) in [6.07, 6.45) is 0. The highest BCUT2D eigenvalue weighted by atomic mass is 35.5. The Bertz CT molecular complexity index is 619. The summed E-state index contributed by atoms with van der Waals surface area (Å²) < 4.78 is 0. The van der Waals surface area contributed by atoms with Crippen LogP contribution in [0, 0.1) is 10.1 Å². The highest BCUT2D eigenvalue weighted by molar-refractivity contribution is 7.10. The maximum atomic E-state index is 11.4. The number of benzene rings is 1. The van der Waals surface area contributed by atoms with Crippen molar-refractivity contribution in [3.8, 4) is 0 Å². The van der Waals surface area contributed by atoms with Crippen LogP contribution < -0.4 is 5.32 Å². The first-order valence-electron chi connectivity index (χ1n) is 6.99. The van der Waals surface area contributed by atoms with Crippen molar-refractivity contribution in [3.05, 3.63) is 62.3 Å². The van der Waals surface area contributed by atoms with Crippen LogP contribution in [0.3, 0.4) is 0 Å². The van der Waals surface area contributed by atoms with Gasteiger partial charge in [0.1, 0.15) is 0 Å². The molecule has 1 aromatic carbocycles. The zero-order valence-corrected chi connectivity index (χ0v) is 14.8. The Labute approximate surface area is 151 Å². The molecule has 1 aliphatic rings. The summed E-state index contributed by atoms with van der Waals surface area (Å²) >= 11 is 1.66. The first-order chi connectivity index (χ1) is 10.3. The third-order valence-electron chi connectivity index (χ3n) is 3.76. The quantitative estimate of drug-likeness (QED) is 0.656. The molecule has 0 amide bonds. The largest absolute Gasteiger partial charge is 0.314 e. The number of hydrogen-bond donors (Lipinski definition) is 1. The van der Waals surface area contributed by atoms with Crippen molar-refractivity contribution in [3.63, 3.8) is 0 Å². The van der Waals surface area contributed by atoms with E-state index in [1.54, 1.807) is 23.5 Å². The van der Waals surface area contributed by atoms with Crippen molar-refractivity contribution in [2.24, 2.45) is 0 Å². The van der Waals surface area contributed by atoms with Crippen molar-refractivity contribution >= 4 is 41.8 Å². The van der Waals surface area contributed by atoms with E-state index < -0.39 is 0 Å². The number of nitrogens with one attached hydrogen (secondary N) is 1. The van der Waals surface area contributed by atoms with Crippen LogP contribution >= 0.6 is 36.2 Å². The Hall–Kier alpha value is -1.18. The van der Waals surface area contributed by atoms with Gasteiger partial charge in [0.25, 0.3) is 5.69 Å². The standard InChI is InChI=1S/C15H17N3O2S.2ClH/c19-18(20)13-5-2-1-4-12(13)15(14-6-3-11-21-14)17-9-7-16-8-10-17;;/h1-6,11,15-16H,7-10H2;2*1H/t15-;;/m0../s1. The van der Waals surface area contributed by atoms with Crippen LogP contribution in [0.4, 0.5) is 5.69 Å². The summed E-state index contributed by atoms with van der Waals surface area (Å²) in [6, 6.07) is 11.1. The van der Waals surface area contributed by atoms with E-state index in [1.165, 1.54) is 0 Å². The summed E-state index contributed by atoms with van der Waals surface area (Å²) in [6.45, 7) is 3.63. The van der Waals surface area contributed by atoms with Crippen molar-refractivity contribution in [1.29, 1.82) is 0 Å². The lowest BCUT2D eigenvalue weighted by Crippen LogP contribution is -2.45. The predicted octanol–water partition coefficient (Wildman–Crippen LogP) is 3.49. The molecule has 1 aliphatic heterocycles. The maximum Gasteiger partial charge on any atom is 0.274 e. The normalized spacial score (nSPS) is 16.0. The minimum atomic E-state index is -0.280. The number of rotatable bonds is 4. The molecule has 0 radical (unpaired) electrons. The summed E-state index contributed by atoms with van der Waals surface area (Å²) in [7, 11) is 0. The molecule has 0 unspecified atom stereocenters. The molecule has 0 aliphatic carbocycles. The average molecular weight is 376 g/mol. The molecule has 0 bridgehead atoms. The summed E-state index contributed by atoms with van der Waals surface area (Å²) in [5.74, 6) is 0. The number of hydrogen-bond acceptors (Lipinski definition) is 5. The fourth-order valence-corrected chi connectivity index (χ4v) is 3.68. The zero-order chi connectivity index (χ0) is 14.7. The van der Waals surface area contributed by atoms with Crippen LogP contribution in [0.1, 0.15) is 16.5 Å². The summed E-state index contributed by atoms with van der Waals surface area (Å²) in [5, 5.41) is 16.7. The van der Waals surface area contributed by atoms with E-state index in [1.807, 2.05) is 23.6 Å². The van der Waals surface area contributed by atoms with Gasteiger partial charge >= 0.3 is 0 Å². The fraction of sp³-hybridized carbons (Fsp3) is 0.333. The Morgan fingerprint density at radius 3 is 2.43 bits per heavy atom. The van der Waals surface area contributed by atoms with Gasteiger partial charge in [-0.3, -0.25) is 15.0 Å². The van der Waals surface area contributed by atoms with Gasteiger partial charge in [-0.15, -0.1) is 36.2 Å². The third kappa shape index (κ3) is 4.43. The number of piperazine rings is 1. The monoisotopic (exact) mass is 375 g/mol. The lowest BCUT2D eigenvalue weighted by atomic mass is 10.0. The Balaban J connectivity index is 0.00000132. The molecule has 0 spiro atoms. The molecule has 2 heterocycles. The number of nitro benzene ring substituents is 1. The Morgan fingerprint density at radius 1 is 1.13 bits per heavy atom. The molecular weight excluding hydrogens is 357 g/mol. The molecule has 1 atom stereocenters. The molecule has 5 nitrogen and oxygen atoms in total. The Morgan fingerprint density at radius 2 is 1.83 bits per heavy atom. The summed E-state index contributed by atoms with van der Waals surface area (Å²) in [4.78, 5) is 14.6. The highest BCUT2D eigenvalue weighted by Gasteiger charge is 2.29. The van der Waals surface area contributed by atoms with Crippen molar-refractivity contribution in [1.82, 2.24) is 10.2 Å². The van der Waals surface area contributed by atoms with Gasteiger partial charge < -0.3 is 5.32 Å². The van der Waals surface area contributed by atoms with Crippen LogP contribution in [-0.4, -0.2) is 36.0 Å². The number of nitrogens with zero attached hydrogens (tertiary/aromatic N) is 2. The molecule has 8 heteroatoms. The van der Waals surface area contributed by atoms with E-state index in [4.69, 9.17) is 0 Å². The second-order valence-corrected chi connectivity index (χ2v) is 6.00. The molecular formula is C15H19Cl2N3O2S. The van der Waals surface area contributed by atoms with Gasteiger partial charge in [-0.25, -0.2) is 0 Å². The molecule has 1 aromatic heterocycles. The maximum absolute atomic E-state index is 11.4. The topological polar surface area (TPSA) is 58.4 Å². The van der Waals surface area contributed by atoms with Gasteiger partial charge in [0.15, 0.2) is 0 Å². The van der Waals surface area contributed by atoms with Gasteiger partial charge in [-0.2, -0.15) is 0 Å². The Kier molecular flexibility index (Phi) is 7.94. The van der Waals surface area contributed by atoms with Gasteiger partial charge in [-0.1, -0.05) is 24.3 Å². The lowest BCUT2D eigenvalue weighted by Gasteiger charge is -2.34. The zero-order valence-electron chi connectivity index (χ0n) is 12.4. The molecule has 3 rings (SSSR count). The number of nitro groups is 1. The van der Waals surface area contributed by atoms with Gasteiger partial charge in [0, 0.05) is 37.1 Å². The van der Waals surface area contributed by atoms with Gasteiger partial charge in [0.05, 0.1) is 16.5 Å². The smallest absolute Gasteiger partial charge is 0.274 e. The fourth-order valence-electron chi connectivity index (χ4n) is 2.80. The lowest BCUT2D eigenvalue weighted by molar-refractivity contribution is -0.385. The predicted molar refractivity (Wildman–Crippen MR) is 98.2 cm³/mol. The third-order valence-corrected chi connectivity index (χ3v) is 4.68. The van der Waals surface area contributed by atoms with Crippen molar-refractivity contribution < 1.29 is 4.92 Å². The van der Waals surface area contributed by atoms with Crippen molar-refractivity contribution in [2.75, 3.05) is 26.2 Å². The van der Waals surface area contributed by atoms with E-state index in [9.17, 15) is 10.1 Å². The number of para-hydroxylation sites is 1. The highest BCUT2D eigenvalue weighted by Crippen LogP contribution is 2.36. The van der Waals surface area contributed by atoms with E-state index in [0.29, 0.717) is 0 Å². The molecule has 1 N–H and O–H groups in total. The average Bonchev–Trinajstić information content (AvgIpc) is 3.03. The molecule has 126 valence electrons. The number of halogens is 2. The van der Waals surface area contributed by atoms with Crippen LogP contribution in [-0.2, 0) is 0 Å². The van der Waals surface area contributed by atoms with Crippen LogP contribution in [0.2, 0.25) is 0 Å². The first-order valence-corrected chi connectivity index (χ1v) is 7.87. The van der Waals surface area contributed by atoms with Crippen LogP contribution in [0.15, 0.2) is 41.8 Å². The van der Waals surface area contributed by atoms with Crippen LogP contribution in [0.5, 0.6) is 0 Å². The van der Waals surface area contributed by atoms with E-state index in [2.05, 4.69) is 16.3 Å². The second-order valence-electron chi connectivity index (χ2n) is 5.02. The first kappa shape index (κ1) is 19.9. The van der Waals surface area contributed by atoms with E-state index in [-0.39, 0.29) is 41.5 Å². The minimum Gasteiger partial charge on any atom is -0.314 e. The molecule has 0 saturated carbocycles. The van der Waals surface area contributed by atoms with Crippen LogP contribution in [0.25, 0.3) is 0 Å². The van der Waals surface area contributed by atoms with Gasteiger partial charge in [0.2, 0.25) is 0 Å². The molecule has 1 saturated heterocycles. The summed E-state index contributed by atoms with van der Waals surface area (Å²) in [5.41, 5.74) is 0.987. The molecule has 23 heavy (non-hydrogen) atoms. The molecule has 2 aromatic rings. The number of thiophene rings is 1. The second kappa shape index (κ2) is 9.20.